The predicted octanol–water partition coefficient (Wildman–Crippen LogP) is 1.94. The summed E-state index contributed by atoms with van der Waals surface area (Å²) in [5.41, 5.74) is 3.88. The van der Waals surface area contributed by atoms with E-state index in [2.05, 4.69) is 9.97 Å². The molecule has 15 heavy (non-hydrogen) atoms. The molecular weight excluding hydrogens is 188 g/mol. The second-order valence-electron chi connectivity index (χ2n) is 3.43. The molecule has 2 heterocycles. The van der Waals surface area contributed by atoms with Crippen LogP contribution in [-0.2, 0) is 6.61 Å². The van der Waals surface area contributed by atoms with E-state index in [1.54, 1.807) is 18.6 Å². The van der Waals surface area contributed by atoms with Crippen LogP contribution >= 0.6 is 0 Å². The van der Waals surface area contributed by atoms with E-state index in [0.717, 1.165) is 22.4 Å². The molecule has 0 radical (unpaired) electrons. The molecule has 1 N–H and O–H groups in total. The Bertz CT molecular complexity index is 469. The average molecular weight is 200 g/mol. The Hall–Kier alpha value is -1.74. The van der Waals surface area contributed by atoms with Crippen LogP contribution in [0.2, 0.25) is 0 Å². The zero-order valence-electron chi connectivity index (χ0n) is 8.51. The van der Waals surface area contributed by atoms with Crippen LogP contribution in [0.25, 0.3) is 11.1 Å². The fraction of sp³-hybridized carbons (Fsp3) is 0.167. The maximum Gasteiger partial charge on any atom is 0.0697 e. The molecule has 0 spiro atoms. The number of nitrogens with zero attached hydrogens (tertiary/aromatic N) is 2. The van der Waals surface area contributed by atoms with Crippen molar-refractivity contribution in [3.8, 4) is 11.1 Å². The first-order chi connectivity index (χ1) is 7.29. The van der Waals surface area contributed by atoms with Crippen molar-refractivity contribution in [2.75, 3.05) is 0 Å². The molecule has 0 aliphatic carbocycles. The highest BCUT2D eigenvalue weighted by molar-refractivity contribution is 5.62. The molecule has 0 unspecified atom stereocenters. The first kappa shape index (κ1) is 9.80. The first-order valence-corrected chi connectivity index (χ1v) is 4.77. The van der Waals surface area contributed by atoms with Crippen molar-refractivity contribution in [1.29, 1.82) is 0 Å². The van der Waals surface area contributed by atoms with Crippen LogP contribution in [-0.4, -0.2) is 15.1 Å². The van der Waals surface area contributed by atoms with Gasteiger partial charge in [0.25, 0.3) is 0 Å². The molecule has 0 bridgehead atoms. The Balaban J connectivity index is 2.44. The fourth-order valence-corrected chi connectivity index (χ4v) is 1.46. The van der Waals surface area contributed by atoms with Gasteiger partial charge in [0.05, 0.1) is 6.61 Å². The van der Waals surface area contributed by atoms with Gasteiger partial charge < -0.3 is 5.11 Å². The number of hydrogen-bond donors (Lipinski definition) is 1. The Labute approximate surface area is 88.5 Å². The minimum atomic E-state index is 0.0188. The van der Waals surface area contributed by atoms with Gasteiger partial charge in [0, 0.05) is 29.8 Å². The average Bonchev–Trinajstić information content (AvgIpc) is 2.29. The Morgan fingerprint density at radius 3 is 2.80 bits per heavy atom. The van der Waals surface area contributed by atoms with E-state index in [4.69, 9.17) is 5.11 Å². The smallest absolute Gasteiger partial charge is 0.0697 e. The number of aliphatic hydroxyl groups excluding tert-OH is 1. The van der Waals surface area contributed by atoms with Gasteiger partial charge in [-0.1, -0.05) is 0 Å². The predicted molar refractivity (Wildman–Crippen MR) is 58.1 cm³/mol. The quantitative estimate of drug-likeness (QED) is 0.805. The zero-order valence-corrected chi connectivity index (χ0v) is 8.51. The van der Waals surface area contributed by atoms with Crippen molar-refractivity contribution < 1.29 is 5.11 Å². The van der Waals surface area contributed by atoms with Gasteiger partial charge in [-0.25, -0.2) is 0 Å². The lowest BCUT2D eigenvalue weighted by Crippen LogP contribution is -1.88. The molecule has 3 heteroatoms. The summed E-state index contributed by atoms with van der Waals surface area (Å²) in [6, 6.07) is 5.87. The Kier molecular flexibility index (Phi) is 2.74. The van der Waals surface area contributed by atoms with E-state index in [1.165, 1.54) is 0 Å². The molecule has 0 amide bonds. The summed E-state index contributed by atoms with van der Waals surface area (Å²) in [7, 11) is 0. The fourth-order valence-electron chi connectivity index (χ4n) is 1.46. The van der Waals surface area contributed by atoms with Crippen molar-refractivity contribution in [1.82, 2.24) is 9.97 Å². The number of aryl methyl sites for hydroxylation is 1. The highest BCUT2D eigenvalue weighted by atomic mass is 16.3. The highest BCUT2D eigenvalue weighted by Crippen LogP contribution is 2.19. The van der Waals surface area contributed by atoms with Crippen LogP contribution in [0.1, 0.15) is 11.3 Å². The number of hydrogen-bond acceptors (Lipinski definition) is 3. The van der Waals surface area contributed by atoms with E-state index in [-0.39, 0.29) is 6.61 Å². The largest absolute Gasteiger partial charge is 0.392 e. The van der Waals surface area contributed by atoms with E-state index in [0.29, 0.717) is 0 Å². The van der Waals surface area contributed by atoms with E-state index in [9.17, 15) is 0 Å². The lowest BCUT2D eigenvalue weighted by molar-refractivity contribution is 0.281. The summed E-state index contributed by atoms with van der Waals surface area (Å²) in [4.78, 5) is 8.22. The second-order valence-corrected chi connectivity index (χ2v) is 3.43. The van der Waals surface area contributed by atoms with Gasteiger partial charge >= 0.3 is 0 Å². The van der Waals surface area contributed by atoms with Gasteiger partial charge in [0.2, 0.25) is 0 Å². The minimum absolute atomic E-state index is 0.0188. The molecule has 0 aliphatic rings. The maximum atomic E-state index is 9.01. The molecule has 2 aromatic heterocycles. The van der Waals surface area contributed by atoms with Crippen LogP contribution in [0, 0.1) is 6.92 Å². The summed E-state index contributed by atoms with van der Waals surface area (Å²) >= 11 is 0. The Morgan fingerprint density at radius 1 is 1.20 bits per heavy atom. The summed E-state index contributed by atoms with van der Waals surface area (Å²) in [6.45, 7) is 1.97. The van der Waals surface area contributed by atoms with Crippen LogP contribution in [0.4, 0.5) is 0 Å². The first-order valence-electron chi connectivity index (χ1n) is 4.77. The van der Waals surface area contributed by atoms with Crippen molar-refractivity contribution in [2.24, 2.45) is 0 Å². The molecule has 76 valence electrons. The lowest BCUT2D eigenvalue weighted by Gasteiger charge is -2.03. The molecule has 0 aromatic carbocycles. The summed E-state index contributed by atoms with van der Waals surface area (Å²) in [6.07, 6.45) is 5.22. The molecule has 0 saturated heterocycles. The van der Waals surface area contributed by atoms with Crippen molar-refractivity contribution in [3.63, 3.8) is 0 Å². The minimum Gasteiger partial charge on any atom is -0.392 e. The standard InChI is InChI=1S/C12H12N2O/c1-9-4-11(2-3-14-9)12-5-10(8-15)6-13-7-12/h2-7,15H,8H2,1H3. The number of aromatic nitrogens is 2. The molecule has 0 aliphatic heterocycles. The third-order valence-corrected chi connectivity index (χ3v) is 2.21. The third kappa shape index (κ3) is 2.19. The summed E-state index contributed by atoms with van der Waals surface area (Å²) in [5.74, 6) is 0. The van der Waals surface area contributed by atoms with Crippen LogP contribution < -0.4 is 0 Å². The van der Waals surface area contributed by atoms with Gasteiger partial charge in [-0.2, -0.15) is 0 Å². The van der Waals surface area contributed by atoms with Gasteiger partial charge in [0.1, 0.15) is 0 Å². The summed E-state index contributed by atoms with van der Waals surface area (Å²) < 4.78 is 0. The van der Waals surface area contributed by atoms with Gasteiger partial charge in [0.15, 0.2) is 0 Å². The van der Waals surface area contributed by atoms with Crippen LogP contribution in [0.15, 0.2) is 36.8 Å². The number of rotatable bonds is 2. The lowest BCUT2D eigenvalue weighted by atomic mass is 10.1. The SMILES string of the molecule is Cc1cc(-c2cncc(CO)c2)ccn1. The van der Waals surface area contributed by atoms with Crippen molar-refractivity contribution >= 4 is 0 Å². The van der Waals surface area contributed by atoms with Gasteiger partial charge in [-0.05, 0) is 36.2 Å². The van der Waals surface area contributed by atoms with Crippen LogP contribution in [0.3, 0.4) is 0 Å². The molecule has 0 atom stereocenters. The van der Waals surface area contributed by atoms with Crippen LogP contribution in [0.5, 0.6) is 0 Å². The van der Waals surface area contributed by atoms with E-state index >= 15 is 0 Å². The topological polar surface area (TPSA) is 46.0 Å². The molecule has 3 nitrogen and oxygen atoms in total. The Morgan fingerprint density at radius 2 is 2.07 bits per heavy atom. The van der Waals surface area contributed by atoms with Crippen molar-refractivity contribution in [3.05, 3.63) is 48.0 Å². The second kappa shape index (κ2) is 4.19. The molecule has 0 saturated carbocycles. The third-order valence-electron chi connectivity index (χ3n) is 2.21. The number of pyridine rings is 2. The van der Waals surface area contributed by atoms with E-state index < -0.39 is 0 Å². The van der Waals surface area contributed by atoms with Gasteiger partial charge in [-0.3, -0.25) is 9.97 Å². The van der Waals surface area contributed by atoms with E-state index in [1.807, 2.05) is 25.1 Å². The molecule has 2 rings (SSSR count). The molecular formula is C12H12N2O. The zero-order chi connectivity index (χ0) is 10.7. The van der Waals surface area contributed by atoms with Crippen molar-refractivity contribution in [2.45, 2.75) is 13.5 Å². The molecule has 0 fully saturated rings. The van der Waals surface area contributed by atoms with Gasteiger partial charge in [-0.15, -0.1) is 0 Å². The summed E-state index contributed by atoms with van der Waals surface area (Å²) in [5, 5.41) is 9.01. The monoisotopic (exact) mass is 200 g/mol. The maximum absolute atomic E-state index is 9.01. The highest BCUT2D eigenvalue weighted by Gasteiger charge is 2.00. The normalized spacial score (nSPS) is 10.3. The molecule has 2 aromatic rings. The number of aliphatic hydroxyl groups is 1.